The molecule has 0 amide bonds. The van der Waals surface area contributed by atoms with Gasteiger partial charge in [0.05, 0.1) is 0 Å². The Bertz CT molecular complexity index is 1320. The normalized spacial score (nSPS) is 12.7. The summed E-state index contributed by atoms with van der Waals surface area (Å²) in [6.07, 6.45) is 73.3. The lowest BCUT2D eigenvalue weighted by Crippen LogP contribution is -2.30. The number of unbranched alkanes of at least 4 members (excludes halogenated alkanes) is 26. The van der Waals surface area contributed by atoms with Crippen molar-refractivity contribution in [3.05, 3.63) is 85.1 Å². The highest BCUT2D eigenvalue weighted by Crippen LogP contribution is 2.15. The molecule has 6 nitrogen and oxygen atoms in total. The van der Waals surface area contributed by atoms with Gasteiger partial charge in [-0.25, -0.2) is 0 Å². The lowest BCUT2D eigenvalue weighted by atomic mass is 10.1. The van der Waals surface area contributed by atoms with Crippen LogP contribution < -0.4 is 0 Å². The van der Waals surface area contributed by atoms with Gasteiger partial charge in [0.25, 0.3) is 0 Å². The van der Waals surface area contributed by atoms with Gasteiger partial charge in [0, 0.05) is 19.3 Å². The fourth-order valence-electron chi connectivity index (χ4n) is 7.85. The van der Waals surface area contributed by atoms with Gasteiger partial charge in [-0.05, 0) is 96.3 Å². The minimum atomic E-state index is -0.778. The van der Waals surface area contributed by atoms with Crippen molar-refractivity contribution < 1.29 is 28.6 Å². The quantitative estimate of drug-likeness (QED) is 0.0262. The largest absolute Gasteiger partial charge is 0.462 e. The minimum Gasteiger partial charge on any atom is -0.462 e. The third kappa shape index (κ3) is 53.5. The topological polar surface area (TPSA) is 78.9 Å². The summed E-state index contributed by atoms with van der Waals surface area (Å²) in [5.41, 5.74) is 0. The van der Waals surface area contributed by atoms with E-state index < -0.39 is 6.10 Å². The lowest BCUT2D eigenvalue weighted by Gasteiger charge is -2.18. The van der Waals surface area contributed by atoms with Crippen molar-refractivity contribution in [3.8, 4) is 0 Å². The van der Waals surface area contributed by atoms with Crippen LogP contribution in [0.3, 0.4) is 0 Å². The molecule has 0 bridgehead atoms. The molecule has 0 radical (unpaired) electrons. The van der Waals surface area contributed by atoms with Crippen molar-refractivity contribution in [2.24, 2.45) is 0 Å². The predicted molar refractivity (Wildman–Crippen MR) is 293 cm³/mol. The van der Waals surface area contributed by atoms with Gasteiger partial charge in [0.1, 0.15) is 13.2 Å². The Morgan fingerprint density at radius 1 is 0.309 bits per heavy atom. The summed E-state index contributed by atoms with van der Waals surface area (Å²) in [4.78, 5) is 37.8. The van der Waals surface area contributed by atoms with Crippen LogP contribution in [0.15, 0.2) is 85.1 Å². The first kappa shape index (κ1) is 64.6. The van der Waals surface area contributed by atoms with Gasteiger partial charge in [-0.3, -0.25) is 14.4 Å². The van der Waals surface area contributed by atoms with Gasteiger partial charge >= 0.3 is 17.9 Å². The molecule has 0 saturated carbocycles. The van der Waals surface area contributed by atoms with E-state index in [4.69, 9.17) is 14.2 Å². The molecule has 1 atom stereocenters. The SMILES string of the molecule is CC/C=C\C/C=C\C/C=C\C/C=C\C/C=C\C/C=C\CCCCCCCCCCCCC(=O)OCC(COC(=O)CCCCCCC)OC(=O)CCCCCCC/C=C\CCCCCCCCC. The fourth-order valence-corrected chi connectivity index (χ4v) is 7.85. The van der Waals surface area contributed by atoms with Gasteiger partial charge < -0.3 is 14.2 Å². The smallest absolute Gasteiger partial charge is 0.306 e. The Hall–Kier alpha value is -3.41. The summed E-state index contributed by atoms with van der Waals surface area (Å²) < 4.78 is 16.7. The zero-order valence-electron chi connectivity index (χ0n) is 44.6. The molecule has 0 aliphatic heterocycles. The molecule has 0 heterocycles. The number of ether oxygens (including phenoxy) is 3. The van der Waals surface area contributed by atoms with Crippen LogP contribution in [0.4, 0.5) is 0 Å². The maximum Gasteiger partial charge on any atom is 0.306 e. The van der Waals surface area contributed by atoms with E-state index in [-0.39, 0.29) is 31.1 Å². The number of hydrogen-bond donors (Lipinski definition) is 0. The second-order valence-corrected chi connectivity index (χ2v) is 18.8. The van der Waals surface area contributed by atoms with E-state index in [0.29, 0.717) is 19.3 Å². The van der Waals surface area contributed by atoms with Gasteiger partial charge in [-0.1, -0.05) is 241 Å². The van der Waals surface area contributed by atoms with E-state index >= 15 is 0 Å². The van der Waals surface area contributed by atoms with E-state index in [0.717, 1.165) is 116 Å². The molecule has 0 aromatic rings. The highest BCUT2D eigenvalue weighted by atomic mass is 16.6. The number of rotatable bonds is 51. The average Bonchev–Trinajstić information content (AvgIpc) is 3.34. The Morgan fingerprint density at radius 3 is 0.912 bits per heavy atom. The van der Waals surface area contributed by atoms with Crippen LogP contribution in [0.5, 0.6) is 0 Å². The summed E-state index contributed by atoms with van der Waals surface area (Å²) in [7, 11) is 0. The first-order valence-corrected chi connectivity index (χ1v) is 28.6. The molecule has 6 heteroatoms. The van der Waals surface area contributed by atoms with Crippen LogP contribution in [0.1, 0.15) is 271 Å². The van der Waals surface area contributed by atoms with E-state index in [2.05, 4.69) is 106 Å². The molecule has 390 valence electrons. The standard InChI is InChI=1S/C62H106O6/c1-4-7-10-13-15-17-19-21-23-25-26-27-28-29-30-31-32-33-34-35-36-37-39-40-42-44-46-49-52-55-61(64)67-58-59(57-66-60(63)54-51-48-12-9-6-3)68-62(65)56-53-50-47-45-43-41-38-24-22-20-18-16-14-11-8-5-2/h7,10,15,17,21,23-24,26-27,29-30,32-33,38,59H,4-6,8-9,11-14,16,18-20,22,25,28,31,34-37,39-58H2,1-3H3/b10-7-,17-15-,23-21-,27-26-,30-29-,33-32-,38-24-. The summed E-state index contributed by atoms with van der Waals surface area (Å²) in [5.74, 6) is -0.904. The molecule has 68 heavy (non-hydrogen) atoms. The van der Waals surface area contributed by atoms with Crippen molar-refractivity contribution >= 4 is 17.9 Å². The number of allylic oxidation sites excluding steroid dienone is 14. The molecule has 0 spiro atoms. The van der Waals surface area contributed by atoms with Crippen LogP contribution in [-0.2, 0) is 28.6 Å². The van der Waals surface area contributed by atoms with E-state index in [1.165, 1.54) is 116 Å². The number of carbonyl (C=O) groups excluding carboxylic acids is 3. The lowest BCUT2D eigenvalue weighted by molar-refractivity contribution is -0.167. The Balaban J connectivity index is 4.08. The monoisotopic (exact) mass is 947 g/mol. The predicted octanol–water partition coefficient (Wildman–Crippen LogP) is 19.2. The molecule has 0 aliphatic carbocycles. The van der Waals surface area contributed by atoms with Crippen molar-refractivity contribution in [2.75, 3.05) is 13.2 Å². The Kier molecular flexibility index (Phi) is 53.4. The van der Waals surface area contributed by atoms with E-state index in [9.17, 15) is 14.4 Å². The zero-order chi connectivity index (χ0) is 49.3. The van der Waals surface area contributed by atoms with Crippen LogP contribution in [0.25, 0.3) is 0 Å². The van der Waals surface area contributed by atoms with Gasteiger partial charge in [-0.15, -0.1) is 0 Å². The third-order valence-electron chi connectivity index (χ3n) is 12.1. The number of esters is 3. The van der Waals surface area contributed by atoms with Crippen molar-refractivity contribution in [1.82, 2.24) is 0 Å². The first-order valence-electron chi connectivity index (χ1n) is 28.6. The van der Waals surface area contributed by atoms with Gasteiger partial charge in [-0.2, -0.15) is 0 Å². The molecule has 0 rings (SSSR count). The number of hydrogen-bond acceptors (Lipinski definition) is 6. The molecule has 0 aromatic carbocycles. The van der Waals surface area contributed by atoms with E-state index in [1.54, 1.807) is 0 Å². The Morgan fingerprint density at radius 2 is 0.574 bits per heavy atom. The zero-order valence-corrected chi connectivity index (χ0v) is 44.6. The molecular formula is C62H106O6. The summed E-state index contributed by atoms with van der Waals surface area (Å²) in [5, 5.41) is 0. The molecule has 1 unspecified atom stereocenters. The minimum absolute atomic E-state index is 0.0806. The molecule has 0 aliphatic rings. The molecular weight excluding hydrogens is 841 g/mol. The average molecular weight is 948 g/mol. The molecule has 0 saturated heterocycles. The van der Waals surface area contributed by atoms with Crippen molar-refractivity contribution in [2.45, 2.75) is 277 Å². The summed E-state index contributed by atoms with van der Waals surface area (Å²) >= 11 is 0. The van der Waals surface area contributed by atoms with Crippen molar-refractivity contribution in [1.29, 1.82) is 0 Å². The first-order chi connectivity index (χ1) is 33.5. The van der Waals surface area contributed by atoms with Crippen LogP contribution >= 0.6 is 0 Å². The second-order valence-electron chi connectivity index (χ2n) is 18.8. The highest BCUT2D eigenvalue weighted by Gasteiger charge is 2.19. The molecule has 0 aromatic heterocycles. The summed E-state index contributed by atoms with van der Waals surface area (Å²) in [6, 6.07) is 0. The highest BCUT2D eigenvalue weighted by molar-refractivity contribution is 5.71. The van der Waals surface area contributed by atoms with Crippen LogP contribution in [0, 0.1) is 0 Å². The van der Waals surface area contributed by atoms with Crippen LogP contribution in [0.2, 0.25) is 0 Å². The number of carbonyl (C=O) groups is 3. The molecule has 0 N–H and O–H groups in total. The van der Waals surface area contributed by atoms with Gasteiger partial charge in [0.15, 0.2) is 6.10 Å². The maximum atomic E-state index is 12.8. The van der Waals surface area contributed by atoms with E-state index in [1.807, 2.05) is 0 Å². The molecule has 0 fully saturated rings. The van der Waals surface area contributed by atoms with Gasteiger partial charge in [0.2, 0.25) is 0 Å². The van der Waals surface area contributed by atoms with Crippen LogP contribution in [-0.4, -0.2) is 37.2 Å². The Labute approximate surface area is 420 Å². The fraction of sp³-hybridized carbons (Fsp3) is 0.726. The third-order valence-corrected chi connectivity index (χ3v) is 12.1. The summed E-state index contributed by atoms with van der Waals surface area (Å²) in [6.45, 7) is 6.44. The van der Waals surface area contributed by atoms with Crippen molar-refractivity contribution in [3.63, 3.8) is 0 Å². The second kappa shape index (κ2) is 56.2. The maximum absolute atomic E-state index is 12.8.